The van der Waals surface area contributed by atoms with Crippen molar-refractivity contribution in [2.75, 3.05) is 24.8 Å². The molecular weight excluding hydrogens is 424 g/mol. The SMILES string of the molecule is CCOc1nc(SCC(=O)Nc2ccc(OC)cc2)c(C#N)c(-c2ccccc2)c1C#N. The number of hydrogen-bond donors (Lipinski definition) is 1. The molecule has 0 radical (unpaired) electrons. The van der Waals surface area contributed by atoms with E-state index in [0.717, 1.165) is 11.8 Å². The molecule has 1 heterocycles. The van der Waals surface area contributed by atoms with Gasteiger partial charge in [0.05, 0.1) is 25.0 Å². The van der Waals surface area contributed by atoms with Crippen LogP contribution in [-0.4, -0.2) is 30.4 Å². The number of rotatable bonds is 8. The van der Waals surface area contributed by atoms with Crippen LogP contribution in [0.1, 0.15) is 18.1 Å². The normalized spacial score (nSPS) is 10.0. The van der Waals surface area contributed by atoms with Crippen LogP contribution in [0.3, 0.4) is 0 Å². The maximum Gasteiger partial charge on any atom is 0.234 e. The summed E-state index contributed by atoms with van der Waals surface area (Å²) in [5.74, 6) is 0.606. The lowest BCUT2D eigenvalue weighted by molar-refractivity contribution is -0.113. The molecule has 1 amide bonds. The summed E-state index contributed by atoms with van der Waals surface area (Å²) >= 11 is 1.11. The van der Waals surface area contributed by atoms with E-state index in [9.17, 15) is 15.3 Å². The van der Waals surface area contributed by atoms with Crippen molar-refractivity contribution in [1.29, 1.82) is 10.5 Å². The van der Waals surface area contributed by atoms with Crippen molar-refractivity contribution in [3.05, 3.63) is 65.7 Å². The van der Waals surface area contributed by atoms with Gasteiger partial charge in [0.2, 0.25) is 11.8 Å². The minimum absolute atomic E-state index is 0.0272. The molecule has 0 spiro atoms. The van der Waals surface area contributed by atoms with Crippen LogP contribution in [-0.2, 0) is 4.79 Å². The number of pyridine rings is 1. The first-order chi connectivity index (χ1) is 15.6. The second kappa shape index (κ2) is 10.9. The standard InChI is InChI=1S/C24H20N4O3S/c1-3-31-23-19(13-25)22(16-7-5-4-6-8-16)20(14-26)24(28-23)32-15-21(29)27-17-9-11-18(30-2)12-10-17/h4-12H,3,15H2,1-2H3,(H,27,29). The van der Waals surface area contributed by atoms with Crippen molar-refractivity contribution in [3.63, 3.8) is 0 Å². The van der Waals surface area contributed by atoms with E-state index in [1.807, 2.05) is 30.3 Å². The van der Waals surface area contributed by atoms with Crippen LogP contribution < -0.4 is 14.8 Å². The number of anilines is 1. The lowest BCUT2D eigenvalue weighted by atomic mass is 9.97. The molecule has 32 heavy (non-hydrogen) atoms. The van der Waals surface area contributed by atoms with Gasteiger partial charge in [-0.25, -0.2) is 4.98 Å². The summed E-state index contributed by atoms with van der Waals surface area (Å²) in [6.45, 7) is 2.10. The number of amides is 1. The number of carbonyl (C=O) groups excluding carboxylic acids is 1. The van der Waals surface area contributed by atoms with Gasteiger partial charge < -0.3 is 14.8 Å². The molecule has 0 fully saturated rings. The lowest BCUT2D eigenvalue weighted by Gasteiger charge is -2.14. The van der Waals surface area contributed by atoms with Crippen LogP contribution in [0.2, 0.25) is 0 Å². The highest BCUT2D eigenvalue weighted by molar-refractivity contribution is 8.00. The molecule has 7 nitrogen and oxygen atoms in total. The third kappa shape index (κ3) is 5.18. The van der Waals surface area contributed by atoms with Gasteiger partial charge >= 0.3 is 0 Å². The second-order valence-electron chi connectivity index (χ2n) is 6.44. The number of methoxy groups -OCH3 is 1. The molecule has 1 aromatic heterocycles. The van der Waals surface area contributed by atoms with Gasteiger partial charge in [-0.05, 0) is 36.8 Å². The number of benzene rings is 2. The Labute approximate surface area is 190 Å². The van der Waals surface area contributed by atoms with Crippen molar-refractivity contribution in [1.82, 2.24) is 4.98 Å². The van der Waals surface area contributed by atoms with E-state index in [1.165, 1.54) is 0 Å². The summed E-state index contributed by atoms with van der Waals surface area (Å²) in [4.78, 5) is 16.9. The largest absolute Gasteiger partial charge is 0.497 e. The summed E-state index contributed by atoms with van der Waals surface area (Å²) < 4.78 is 10.7. The molecule has 1 N–H and O–H groups in total. The Kier molecular flexibility index (Phi) is 7.69. The molecule has 0 aliphatic heterocycles. The summed E-state index contributed by atoms with van der Waals surface area (Å²) in [6.07, 6.45) is 0. The van der Waals surface area contributed by atoms with E-state index >= 15 is 0 Å². The maximum atomic E-state index is 12.5. The quantitative estimate of drug-likeness (QED) is 0.505. The highest BCUT2D eigenvalue weighted by Crippen LogP contribution is 2.37. The number of ether oxygens (including phenoxy) is 2. The first-order valence-corrected chi connectivity index (χ1v) is 10.7. The number of carbonyl (C=O) groups is 1. The number of nitriles is 2. The third-order valence-electron chi connectivity index (χ3n) is 4.41. The van der Waals surface area contributed by atoms with Gasteiger partial charge in [-0.1, -0.05) is 42.1 Å². The zero-order valence-corrected chi connectivity index (χ0v) is 18.4. The third-order valence-corrected chi connectivity index (χ3v) is 5.39. The summed E-state index contributed by atoms with van der Waals surface area (Å²) in [5.41, 5.74) is 2.21. The van der Waals surface area contributed by atoms with Crippen LogP contribution in [0, 0.1) is 22.7 Å². The average Bonchev–Trinajstić information content (AvgIpc) is 2.83. The van der Waals surface area contributed by atoms with Crippen LogP contribution in [0.5, 0.6) is 11.6 Å². The van der Waals surface area contributed by atoms with Crippen LogP contribution in [0.25, 0.3) is 11.1 Å². The lowest BCUT2D eigenvalue weighted by Crippen LogP contribution is -2.14. The van der Waals surface area contributed by atoms with Gasteiger partial charge in [0.1, 0.15) is 28.5 Å². The first kappa shape index (κ1) is 22.7. The average molecular weight is 445 g/mol. The van der Waals surface area contributed by atoms with E-state index < -0.39 is 0 Å². The second-order valence-corrected chi connectivity index (χ2v) is 7.40. The van der Waals surface area contributed by atoms with Gasteiger partial charge in [0.15, 0.2) is 0 Å². The summed E-state index contributed by atoms with van der Waals surface area (Å²) in [5, 5.41) is 22.8. The number of aromatic nitrogens is 1. The van der Waals surface area contributed by atoms with Crippen molar-refractivity contribution in [2.24, 2.45) is 0 Å². The van der Waals surface area contributed by atoms with Crippen molar-refractivity contribution in [3.8, 4) is 34.9 Å². The Bertz CT molecular complexity index is 1180. The van der Waals surface area contributed by atoms with E-state index in [-0.39, 0.29) is 28.7 Å². The van der Waals surface area contributed by atoms with Gasteiger partial charge in [-0.2, -0.15) is 10.5 Å². The fourth-order valence-electron chi connectivity index (χ4n) is 2.99. The van der Waals surface area contributed by atoms with E-state index in [1.54, 1.807) is 38.3 Å². The monoisotopic (exact) mass is 444 g/mol. The molecule has 2 aromatic carbocycles. The molecule has 3 aromatic rings. The molecule has 0 saturated carbocycles. The zero-order valence-electron chi connectivity index (χ0n) is 17.6. The fourth-order valence-corrected chi connectivity index (χ4v) is 3.77. The molecule has 0 bridgehead atoms. The highest BCUT2D eigenvalue weighted by Gasteiger charge is 2.23. The number of nitrogens with one attached hydrogen (secondary N) is 1. The molecule has 0 unspecified atom stereocenters. The molecular formula is C24H20N4O3S. The van der Waals surface area contributed by atoms with E-state index in [2.05, 4.69) is 22.4 Å². The molecule has 160 valence electrons. The smallest absolute Gasteiger partial charge is 0.234 e. The Hall–Kier alpha value is -4.01. The molecule has 0 saturated heterocycles. The number of hydrogen-bond acceptors (Lipinski definition) is 7. The van der Waals surface area contributed by atoms with Gasteiger partial charge in [-0.15, -0.1) is 0 Å². The molecule has 3 rings (SSSR count). The predicted octanol–water partition coefficient (Wildman–Crippen LogP) is 4.63. The van der Waals surface area contributed by atoms with Gasteiger partial charge in [0.25, 0.3) is 0 Å². The molecule has 0 atom stereocenters. The maximum absolute atomic E-state index is 12.5. The van der Waals surface area contributed by atoms with Crippen LogP contribution >= 0.6 is 11.8 Å². The Balaban J connectivity index is 1.91. The van der Waals surface area contributed by atoms with Gasteiger partial charge in [0, 0.05) is 11.3 Å². The topological polar surface area (TPSA) is 108 Å². The fraction of sp³-hybridized carbons (Fsp3) is 0.167. The van der Waals surface area contributed by atoms with Crippen molar-refractivity contribution >= 4 is 23.4 Å². The zero-order chi connectivity index (χ0) is 22.9. The van der Waals surface area contributed by atoms with Gasteiger partial charge in [-0.3, -0.25) is 4.79 Å². The molecule has 0 aliphatic rings. The van der Waals surface area contributed by atoms with E-state index in [4.69, 9.17) is 9.47 Å². The van der Waals surface area contributed by atoms with Crippen molar-refractivity contribution < 1.29 is 14.3 Å². The Morgan fingerprint density at radius 2 is 1.75 bits per heavy atom. The summed E-state index contributed by atoms with van der Waals surface area (Å²) in [6, 6.07) is 20.4. The number of thioether (sulfide) groups is 1. The highest BCUT2D eigenvalue weighted by atomic mass is 32.2. The molecule has 0 aliphatic carbocycles. The van der Waals surface area contributed by atoms with E-state index in [0.29, 0.717) is 34.2 Å². The summed E-state index contributed by atoms with van der Waals surface area (Å²) in [7, 11) is 1.57. The van der Waals surface area contributed by atoms with Crippen LogP contribution in [0.4, 0.5) is 5.69 Å². The van der Waals surface area contributed by atoms with Crippen LogP contribution in [0.15, 0.2) is 59.6 Å². The Morgan fingerprint density at radius 1 is 1.06 bits per heavy atom. The first-order valence-electron chi connectivity index (χ1n) is 9.74. The number of nitrogens with zero attached hydrogens (tertiary/aromatic N) is 3. The molecule has 8 heteroatoms. The van der Waals surface area contributed by atoms with Crippen molar-refractivity contribution in [2.45, 2.75) is 11.9 Å². The Morgan fingerprint density at radius 3 is 2.34 bits per heavy atom. The minimum Gasteiger partial charge on any atom is -0.497 e. The predicted molar refractivity (Wildman–Crippen MR) is 123 cm³/mol. The minimum atomic E-state index is -0.255.